The quantitative estimate of drug-likeness (QED) is 0.350. The number of nitro benzene ring substituents is 1. The van der Waals surface area contributed by atoms with Gasteiger partial charge in [-0.1, -0.05) is 26.8 Å². The van der Waals surface area contributed by atoms with E-state index >= 15 is 0 Å². The molecule has 1 N–H and O–H groups in total. The van der Waals surface area contributed by atoms with Gasteiger partial charge in [-0.25, -0.2) is 4.79 Å². The highest BCUT2D eigenvalue weighted by Gasteiger charge is 2.39. The fraction of sp³-hybridized carbons (Fsp3) is 0.471. The zero-order valence-corrected chi connectivity index (χ0v) is 16.0. The van der Waals surface area contributed by atoms with Gasteiger partial charge in [0, 0.05) is 18.2 Å². The van der Waals surface area contributed by atoms with E-state index in [1.807, 2.05) is 6.92 Å². The Kier molecular flexibility index (Phi) is 6.07. The van der Waals surface area contributed by atoms with Gasteiger partial charge in [0.25, 0.3) is 5.69 Å². The van der Waals surface area contributed by atoms with Crippen LogP contribution in [0.3, 0.4) is 0 Å². The highest BCUT2D eigenvalue weighted by Crippen LogP contribution is 2.40. The fourth-order valence-electron chi connectivity index (χ4n) is 1.92. The smallest absolute Gasteiger partial charge is 0.328 e. The van der Waals surface area contributed by atoms with Crippen LogP contribution >= 0.6 is 0 Å². The van der Waals surface area contributed by atoms with Crippen LogP contribution in [0.25, 0.3) is 0 Å². The molecule has 0 heterocycles. The first-order valence-corrected chi connectivity index (χ1v) is 10.6. The van der Waals surface area contributed by atoms with E-state index in [-0.39, 0.29) is 10.7 Å². The van der Waals surface area contributed by atoms with Gasteiger partial charge in [0.2, 0.25) is 0 Å². The Hall–Kier alpha value is -1.99. The average molecular weight is 351 g/mol. The Bertz CT molecular complexity index is 661. The molecule has 0 spiro atoms. The number of carbonyl (C=O) groups is 1. The van der Waals surface area contributed by atoms with Crippen molar-refractivity contribution in [3.8, 4) is 0 Å². The average Bonchev–Trinajstić information content (AvgIpc) is 2.42. The molecule has 1 aromatic carbocycles. The van der Waals surface area contributed by atoms with Gasteiger partial charge in [-0.15, -0.1) is 0 Å². The number of nitrogens with zero attached hydrogens (tertiary/aromatic N) is 1. The van der Waals surface area contributed by atoms with Crippen molar-refractivity contribution in [1.82, 2.24) is 0 Å². The zero-order chi connectivity index (χ0) is 18.7. The van der Waals surface area contributed by atoms with Crippen LogP contribution in [-0.2, 0) is 9.22 Å². The molecule has 0 aliphatic carbocycles. The van der Waals surface area contributed by atoms with Crippen LogP contribution in [0, 0.1) is 17.0 Å². The molecule has 0 amide bonds. The van der Waals surface area contributed by atoms with Gasteiger partial charge in [-0.2, -0.15) is 0 Å². The van der Waals surface area contributed by atoms with Gasteiger partial charge in [-0.3, -0.25) is 10.1 Å². The Morgan fingerprint density at radius 3 is 2.42 bits per heavy atom. The molecule has 0 aliphatic heterocycles. The third kappa shape index (κ3) is 5.00. The maximum atomic E-state index is 11.1. The van der Waals surface area contributed by atoms with Crippen molar-refractivity contribution >= 4 is 20.0 Å². The first-order chi connectivity index (χ1) is 10.8. The van der Waals surface area contributed by atoms with E-state index in [0.29, 0.717) is 5.56 Å². The number of carboxylic acid groups (broad SMARTS) is 1. The molecular weight excluding hydrogens is 326 g/mol. The minimum absolute atomic E-state index is 0.0387. The summed E-state index contributed by atoms with van der Waals surface area (Å²) >= 11 is 0. The van der Waals surface area contributed by atoms with Crippen molar-refractivity contribution in [3.63, 3.8) is 0 Å². The summed E-state index contributed by atoms with van der Waals surface area (Å²) in [5, 5.41) is 19.9. The van der Waals surface area contributed by atoms with Crippen molar-refractivity contribution < 1.29 is 19.3 Å². The second-order valence-corrected chi connectivity index (χ2v) is 12.1. The number of non-ortho nitro benzene ring substituents is 1. The maximum Gasteiger partial charge on any atom is 0.328 e. The summed E-state index contributed by atoms with van der Waals surface area (Å²) in [5.74, 6) is -1.08. The summed E-state index contributed by atoms with van der Waals surface area (Å²) in [7, 11) is -2.20. The number of rotatable bonds is 6. The molecule has 0 aromatic heterocycles. The fourth-order valence-corrected chi connectivity index (χ4v) is 3.11. The second-order valence-electron chi connectivity index (χ2n) is 7.29. The van der Waals surface area contributed by atoms with Crippen LogP contribution in [0.4, 0.5) is 5.69 Å². The molecule has 1 atom stereocenters. The molecule has 1 aromatic rings. The summed E-state index contributed by atoms with van der Waals surface area (Å²) in [4.78, 5) is 21.5. The Labute approximate surface area is 143 Å². The minimum Gasteiger partial charge on any atom is -0.478 e. The number of aryl methyl sites for hydroxylation is 1. The Morgan fingerprint density at radius 2 is 1.96 bits per heavy atom. The predicted octanol–water partition coefficient (Wildman–Crippen LogP) is 4.61. The Balaban J connectivity index is 3.37. The molecule has 24 heavy (non-hydrogen) atoms. The lowest BCUT2D eigenvalue weighted by molar-refractivity contribution is -0.385. The highest BCUT2D eigenvalue weighted by atomic mass is 28.4. The molecule has 7 heteroatoms. The molecule has 6 nitrogen and oxygen atoms in total. The lowest BCUT2D eigenvalue weighted by atomic mass is 10.0. The molecule has 0 aliphatic rings. The predicted molar refractivity (Wildman–Crippen MR) is 95.6 cm³/mol. The van der Waals surface area contributed by atoms with E-state index in [9.17, 15) is 14.9 Å². The van der Waals surface area contributed by atoms with Gasteiger partial charge in [0.1, 0.15) is 0 Å². The minimum atomic E-state index is -2.20. The molecule has 132 valence electrons. The SMILES string of the molecule is Cc1ccc([N+](=O)[O-])cc1C(/C=C/C(=O)O)O[Si](C)(C)C(C)(C)C. The molecule has 0 radical (unpaired) electrons. The van der Waals surface area contributed by atoms with E-state index < -0.39 is 25.3 Å². The summed E-state index contributed by atoms with van der Waals surface area (Å²) in [6.07, 6.45) is 1.84. The zero-order valence-electron chi connectivity index (χ0n) is 15.0. The number of carboxylic acids is 1. The van der Waals surface area contributed by atoms with Crippen LogP contribution < -0.4 is 0 Å². The second kappa shape index (κ2) is 7.27. The number of benzene rings is 1. The van der Waals surface area contributed by atoms with Gasteiger partial charge < -0.3 is 9.53 Å². The highest BCUT2D eigenvalue weighted by molar-refractivity contribution is 6.74. The van der Waals surface area contributed by atoms with Gasteiger partial charge in [0.15, 0.2) is 8.32 Å². The molecule has 1 rings (SSSR count). The van der Waals surface area contributed by atoms with E-state index in [1.54, 1.807) is 6.07 Å². The number of aliphatic carboxylic acids is 1. The summed E-state index contributed by atoms with van der Waals surface area (Å²) in [5.41, 5.74) is 1.40. The normalized spacial score (nSPS) is 13.9. The van der Waals surface area contributed by atoms with Crippen LogP contribution in [-0.4, -0.2) is 24.3 Å². The van der Waals surface area contributed by atoms with Gasteiger partial charge >= 0.3 is 5.97 Å². The number of nitro groups is 1. The van der Waals surface area contributed by atoms with Crippen molar-refractivity contribution in [2.45, 2.75) is 51.9 Å². The topological polar surface area (TPSA) is 89.7 Å². The van der Waals surface area contributed by atoms with E-state index in [2.05, 4.69) is 33.9 Å². The van der Waals surface area contributed by atoms with Crippen molar-refractivity contribution in [1.29, 1.82) is 0 Å². The summed E-state index contributed by atoms with van der Waals surface area (Å²) < 4.78 is 6.32. The monoisotopic (exact) mass is 351 g/mol. The van der Waals surface area contributed by atoms with Crippen molar-refractivity contribution in [3.05, 3.63) is 51.6 Å². The van der Waals surface area contributed by atoms with Crippen LogP contribution in [0.2, 0.25) is 18.1 Å². The van der Waals surface area contributed by atoms with Gasteiger partial charge in [-0.05, 0) is 42.3 Å². The van der Waals surface area contributed by atoms with Crippen molar-refractivity contribution in [2.75, 3.05) is 0 Å². The molecule has 0 fully saturated rings. The van der Waals surface area contributed by atoms with E-state index in [4.69, 9.17) is 9.53 Å². The van der Waals surface area contributed by atoms with Crippen LogP contribution in [0.1, 0.15) is 38.0 Å². The molecule has 0 bridgehead atoms. The molecule has 0 saturated heterocycles. The Morgan fingerprint density at radius 1 is 1.38 bits per heavy atom. The largest absolute Gasteiger partial charge is 0.478 e. The first-order valence-electron chi connectivity index (χ1n) is 7.69. The third-order valence-corrected chi connectivity index (χ3v) is 8.88. The van der Waals surface area contributed by atoms with Crippen LogP contribution in [0.15, 0.2) is 30.4 Å². The van der Waals surface area contributed by atoms with E-state index in [1.165, 1.54) is 18.2 Å². The van der Waals surface area contributed by atoms with E-state index in [0.717, 1.165) is 11.6 Å². The first kappa shape index (κ1) is 20.1. The number of hydrogen-bond donors (Lipinski definition) is 1. The summed E-state index contributed by atoms with van der Waals surface area (Å²) in [6.45, 7) is 12.2. The lowest BCUT2D eigenvalue weighted by Gasteiger charge is -2.39. The van der Waals surface area contributed by atoms with Crippen LogP contribution in [0.5, 0.6) is 0 Å². The molecule has 1 unspecified atom stereocenters. The lowest BCUT2D eigenvalue weighted by Crippen LogP contribution is -2.41. The molecular formula is C17H25NO5Si. The summed E-state index contributed by atoms with van der Waals surface area (Å²) in [6, 6.07) is 4.55. The van der Waals surface area contributed by atoms with Crippen molar-refractivity contribution in [2.24, 2.45) is 0 Å². The maximum absolute atomic E-state index is 11.1. The third-order valence-electron chi connectivity index (χ3n) is 4.42. The molecule has 0 saturated carbocycles. The van der Waals surface area contributed by atoms with Gasteiger partial charge in [0.05, 0.1) is 11.0 Å². The number of hydrogen-bond acceptors (Lipinski definition) is 4. The standard InChI is InChI=1S/C17H25NO5Si/c1-12-7-8-13(18(21)22)11-14(12)15(9-10-16(19)20)23-24(5,6)17(2,3)4/h7-11,15H,1-6H3,(H,19,20)/b10-9+.